The summed E-state index contributed by atoms with van der Waals surface area (Å²) >= 11 is 0. The Morgan fingerprint density at radius 1 is 0.875 bits per heavy atom. The fourth-order valence-corrected chi connectivity index (χ4v) is 3.04. The van der Waals surface area contributed by atoms with Crippen molar-refractivity contribution in [3.8, 4) is 17.2 Å². The molecule has 127 valence electrons. The van der Waals surface area contributed by atoms with E-state index < -0.39 is 11.6 Å². The Labute approximate surface area is 141 Å². The summed E-state index contributed by atoms with van der Waals surface area (Å²) in [7, 11) is 1.29. The van der Waals surface area contributed by atoms with Gasteiger partial charge in [-0.2, -0.15) is 8.78 Å². The average molecular weight is 331 g/mol. The van der Waals surface area contributed by atoms with Crippen molar-refractivity contribution in [3.05, 3.63) is 59.5 Å². The number of benzene rings is 2. The van der Waals surface area contributed by atoms with E-state index in [0.29, 0.717) is 5.75 Å². The van der Waals surface area contributed by atoms with E-state index in [1.165, 1.54) is 43.6 Å². The molecule has 1 aliphatic rings. The molecule has 0 amide bonds. The third kappa shape index (κ3) is 3.53. The summed E-state index contributed by atoms with van der Waals surface area (Å²) in [6.45, 7) is 2.29. The van der Waals surface area contributed by atoms with Crippen molar-refractivity contribution in [2.45, 2.75) is 32.6 Å². The highest BCUT2D eigenvalue weighted by molar-refractivity contribution is 5.41. The van der Waals surface area contributed by atoms with Crippen LogP contribution in [0.3, 0.4) is 0 Å². The van der Waals surface area contributed by atoms with Crippen LogP contribution in [0.15, 0.2) is 36.4 Å². The molecule has 0 aliphatic heterocycles. The molecule has 0 heterocycles. The monoisotopic (exact) mass is 331 g/mol. The van der Waals surface area contributed by atoms with Crippen molar-refractivity contribution >= 4 is 0 Å². The Kier molecular flexibility index (Phi) is 5.03. The summed E-state index contributed by atoms with van der Waals surface area (Å²) in [5.74, 6) is 0.350. The Morgan fingerprint density at radius 2 is 1.46 bits per heavy atom. The SMILES string of the molecule is COc1ccc(Oc2ccc([C]3CCC(C)CC3)cc2)c(F)c1F. The molecule has 0 aromatic heterocycles. The molecule has 0 unspecified atom stereocenters. The van der Waals surface area contributed by atoms with Gasteiger partial charge in [0.2, 0.25) is 11.6 Å². The zero-order valence-electron chi connectivity index (χ0n) is 13.9. The number of hydrogen-bond acceptors (Lipinski definition) is 2. The van der Waals surface area contributed by atoms with Crippen molar-refractivity contribution < 1.29 is 18.3 Å². The van der Waals surface area contributed by atoms with Crippen molar-refractivity contribution in [2.75, 3.05) is 7.11 Å². The summed E-state index contributed by atoms with van der Waals surface area (Å²) in [6.07, 6.45) is 4.70. The first-order valence-electron chi connectivity index (χ1n) is 8.23. The Morgan fingerprint density at radius 3 is 2.08 bits per heavy atom. The predicted octanol–water partition coefficient (Wildman–Crippen LogP) is 5.90. The molecule has 0 bridgehead atoms. The molecule has 0 saturated heterocycles. The van der Waals surface area contributed by atoms with Crippen molar-refractivity contribution in [2.24, 2.45) is 5.92 Å². The lowest BCUT2D eigenvalue weighted by molar-refractivity contribution is 0.358. The van der Waals surface area contributed by atoms with Crippen LogP contribution < -0.4 is 9.47 Å². The van der Waals surface area contributed by atoms with Crippen LogP contribution in [0.2, 0.25) is 0 Å². The lowest BCUT2D eigenvalue weighted by Gasteiger charge is -2.26. The minimum Gasteiger partial charge on any atom is -0.494 e. The zero-order valence-corrected chi connectivity index (χ0v) is 13.9. The van der Waals surface area contributed by atoms with E-state index in [1.54, 1.807) is 12.1 Å². The molecule has 3 rings (SSSR count). The van der Waals surface area contributed by atoms with Gasteiger partial charge >= 0.3 is 0 Å². The van der Waals surface area contributed by atoms with Crippen LogP contribution in [-0.4, -0.2) is 7.11 Å². The van der Waals surface area contributed by atoms with Gasteiger partial charge in [-0.25, -0.2) is 0 Å². The molecular formula is C20H21F2O2. The number of methoxy groups -OCH3 is 1. The normalized spacial score (nSPS) is 16.2. The van der Waals surface area contributed by atoms with E-state index in [4.69, 9.17) is 9.47 Å². The molecular weight excluding hydrogens is 310 g/mol. The third-order valence-corrected chi connectivity index (χ3v) is 4.60. The Bertz CT molecular complexity index is 690. The lowest BCUT2D eigenvalue weighted by Crippen LogP contribution is -2.11. The number of rotatable bonds is 4. The van der Waals surface area contributed by atoms with Gasteiger partial charge < -0.3 is 9.47 Å². The van der Waals surface area contributed by atoms with Crippen LogP contribution in [0.4, 0.5) is 8.78 Å². The minimum atomic E-state index is -1.05. The van der Waals surface area contributed by atoms with Crippen molar-refractivity contribution in [1.29, 1.82) is 0 Å². The zero-order chi connectivity index (χ0) is 17.1. The lowest BCUT2D eigenvalue weighted by atomic mass is 9.79. The number of ether oxygens (including phenoxy) is 2. The van der Waals surface area contributed by atoms with Gasteiger partial charge in [0.05, 0.1) is 7.11 Å². The van der Waals surface area contributed by atoms with E-state index in [-0.39, 0.29) is 11.5 Å². The highest BCUT2D eigenvalue weighted by Crippen LogP contribution is 2.36. The molecule has 1 fully saturated rings. The molecule has 0 atom stereocenters. The van der Waals surface area contributed by atoms with Gasteiger partial charge in [0.25, 0.3) is 0 Å². The summed E-state index contributed by atoms with van der Waals surface area (Å²) in [5, 5.41) is 0. The van der Waals surface area contributed by atoms with Crippen molar-refractivity contribution in [1.82, 2.24) is 0 Å². The summed E-state index contributed by atoms with van der Waals surface area (Å²) in [4.78, 5) is 0. The van der Waals surface area contributed by atoms with Gasteiger partial charge in [0.1, 0.15) is 5.75 Å². The average Bonchev–Trinajstić information content (AvgIpc) is 2.61. The van der Waals surface area contributed by atoms with Crippen LogP contribution in [0.5, 0.6) is 17.2 Å². The second-order valence-electron chi connectivity index (χ2n) is 6.31. The van der Waals surface area contributed by atoms with Crippen LogP contribution in [0, 0.1) is 23.5 Å². The van der Waals surface area contributed by atoms with E-state index in [1.807, 2.05) is 12.1 Å². The van der Waals surface area contributed by atoms with Crippen LogP contribution in [0.25, 0.3) is 0 Å². The van der Waals surface area contributed by atoms with Gasteiger partial charge in [0, 0.05) is 5.92 Å². The van der Waals surface area contributed by atoms with Gasteiger partial charge in [-0.05, 0) is 61.4 Å². The summed E-state index contributed by atoms with van der Waals surface area (Å²) in [5.41, 5.74) is 1.20. The second-order valence-corrected chi connectivity index (χ2v) is 6.31. The fourth-order valence-electron chi connectivity index (χ4n) is 3.04. The van der Waals surface area contributed by atoms with E-state index >= 15 is 0 Å². The quantitative estimate of drug-likeness (QED) is 0.694. The van der Waals surface area contributed by atoms with Gasteiger partial charge in [-0.3, -0.25) is 0 Å². The molecule has 24 heavy (non-hydrogen) atoms. The highest BCUT2D eigenvalue weighted by atomic mass is 19.2. The first kappa shape index (κ1) is 16.7. The highest BCUT2D eigenvalue weighted by Gasteiger charge is 2.20. The molecule has 1 radical (unpaired) electrons. The van der Waals surface area contributed by atoms with E-state index in [9.17, 15) is 8.78 Å². The van der Waals surface area contributed by atoms with Crippen LogP contribution in [-0.2, 0) is 0 Å². The maximum atomic E-state index is 14.0. The maximum Gasteiger partial charge on any atom is 0.205 e. The first-order chi connectivity index (χ1) is 11.6. The Balaban J connectivity index is 1.72. The van der Waals surface area contributed by atoms with E-state index in [2.05, 4.69) is 6.92 Å². The molecule has 1 aliphatic carbocycles. The fraction of sp³-hybridized carbons (Fsp3) is 0.350. The molecule has 1 saturated carbocycles. The van der Waals surface area contributed by atoms with E-state index in [0.717, 1.165) is 18.8 Å². The number of halogens is 2. The maximum absolute atomic E-state index is 14.0. The van der Waals surface area contributed by atoms with Gasteiger partial charge in [-0.1, -0.05) is 19.1 Å². The smallest absolute Gasteiger partial charge is 0.205 e. The molecule has 0 spiro atoms. The first-order valence-corrected chi connectivity index (χ1v) is 8.23. The van der Waals surface area contributed by atoms with Gasteiger partial charge in [0.15, 0.2) is 11.5 Å². The molecule has 2 nitrogen and oxygen atoms in total. The van der Waals surface area contributed by atoms with Crippen LogP contribution in [0.1, 0.15) is 38.2 Å². The van der Waals surface area contributed by atoms with Gasteiger partial charge in [-0.15, -0.1) is 0 Å². The minimum absolute atomic E-state index is 0.141. The molecule has 4 heteroatoms. The second kappa shape index (κ2) is 7.20. The summed E-state index contributed by atoms with van der Waals surface area (Å²) < 4.78 is 37.9. The third-order valence-electron chi connectivity index (χ3n) is 4.60. The molecule has 2 aromatic rings. The van der Waals surface area contributed by atoms with Crippen molar-refractivity contribution in [3.63, 3.8) is 0 Å². The van der Waals surface area contributed by atoms with Crippen LogP contribution >= 0.6 is 0 Å². The molecule has 2 aromatic carbocycles. The topological polar surface area (TPSA) is 18.5 Å². The standard InChI is InChI=1S/C20H21F2O2/c1-13-3-5-14(6-4-13)15-7-9-16(10-8-15)24-18-12-11-17(23-2)19(21)20(18)22/h7-13H,3-6H2,1-2H3. The summed E-state index contributed by atoms with van der Waals surface area (Å²) in [6, 6.07) is 10.3. The Hall–Kier alpha value is -2.10. The predicted molar refractivity (Wildman–Crippen MR) is 89.4 cm³/mol. The molecule has 0 N–H and O–H groups in total. The largest absolute Gasteiger partial charge is 0.494 e. The number of hydrogen-bond donors (Lipinski definition) is 0.